The average Bonchev–Trinajstić information content (AvgIpc) is 3.08. The van der Waals surface area contributed by atoms with E-state index in [2.05, 4.69) is 9.97 Å². The van der Waals surface area contributed by atoms with Gasteiger partial charge in [0.05, 0.1) is 32.4 Å². The highest BCUT2D eigenvalue weighted by molar-refractivity contribution is 6.02. The zero-order valence-corrected chi connectivity index (χ0v) is 14.2. The number of rotatable bonds is 5. The summed E-state index contributed by atoms with van der Waals surface area (Å²) in [5.41, 5.74) is 2.66. The zero-order chi connectivity index (χ0) is 17.8. The van der Waals surface area contributed by atoms with Crippen LogP contribution in [0.2, 0.25) is 0 Å². The summed E-state index contributed by atoms with van der Waals surface area (Å²) < 4.78 is 15.4. The molecule has 2 aromatic carbocycles. The number of benzene rings is 2. The molecule has 6 nitrogen and oxygen atoms in total. The SMILES string of the molecule is COC(=O)c1cccc2[nH]c(/C=C/c3ccc(OC)cc3OC)nc12. The van der Waals surface area contributed by atoms with Crippen molar-refractivity contribution in [1.29, 1.82) is 0 Å². The number of ether oxygens (including phenoxy) is 3. The van der Waals surface area contributed by atoms with Crippen molar-refractivity contribution in [2.24, 2.45) is 0 Å². The minimum absolute atomic E-state index is 0.413. The van der Waals surface area contributed by atoms with E-state index in [0.717, 1.165) is 16.8 Å². The lowest BCUT2D eigenvalue weighted by atomic mass is 10.1. The number of hydrogen-bond acceptors (Lipinski definition) is 5. The Hall–Kier alpha value is -3.28. The molecule has 0 atom stereocenters. The molecule has 0 aliphatic heterocycles. The molecule has 0 aliphatic rings. The number of para-hydroxylation sites is 1. The Balaban J connectivity index is 1.96. The van der Waals surface area contributed by atoms with Crippen LogP contribution in [0.4, 0.5) is 0 Å². The second-order valence-electron chi connectivity index (χ2n) is 5.26. The maximum atomic E-state index is 11.8. The van der Waals surface area contributed by atoms with E-state index in [4.69, 9.17) is 14.2 Å². The van der Waals surface area contributed by atoms with Crippen molar-refractivity contribution in [3.8, 4) is 11.5 Å². The lowest BCUT2D eigenvalue weighted by Gasteiger charge is -2.06. The number of aromatic nitrogens is 2. The van der Waals surface area contributed by atoms with Crippen molar-refractivity contribution in [1.82, 2.24) is 9.97 Å². The van der Waals surface area contributed by atoms with Gasteiger partial charge in [-0.05, 0) is 36.4 Å². The molecule has 3 rings (SSSR count). The highest BCUT2D eigenvalue weighted by Gasteiger charge is 2.13. The molecule has 6 heteroatoms. The largest absolute Gasteiger partial charge is 0.497 e. The van der Waals surface area contributed by atoms with E-state index in [9.17, 15) is 4.79 Å². The Morgan fingerprint density at radius 2 is 1.92 bits per heavy atom. The maximum Gasteiger partial charge on any atom is 0.340 e. The minimum Gasteiger partial charge on any atom is -0.497 e. The van der Waals surface area contributed by atoms with Crippen LogP contribution in [-0.4, -0.2) is 37.3 Å². The van der Waals surface area contributed by atoms with Crippen LogP contribution in [0.15, 0.2) is 36.4 Å². The first kappa shape index (κ1) is 16.6. The van der Waals surface area contributed by atoms with Gasteiger partial charge >= 0.3 is 5.97 Å². The molecule has 25 heavy (non-hydrogen) atoms. The Morgan fingerprint density at radius 1 is 1.08 bits per heavy atom. The van der Waals surface area contributed by atoms with Gasteiger partial charge < -0.3 is 19.2 Å². The fraction of sp³-hybridized carbons (Fsp3) is 0.158. The van der Waals surface area contributed by atoms with E-state index in [-0.39, 0.29) is 0 Å². The molecule has 128 valence electrons. The van der Waals surface area contributed by atoms with Gasteiger partial charge in [-0.1, -0.05) is 6.07 Å². The van der Waals surface area contributed by atoms with E-state index < -0.39 is 5.97 Å². The van der Waals surface area contributed by atoms with E-state index in [0.29, 0.717) is 22.7 Å². The van der Waals surface area contributed by atoms with Gasteiger partial charge in [0.2, 0.25) is 0 Å². The lowest BCUT2D eigenvalue weighted by molar-refractivity contribution is 0.0603. The Morgan fingerprint density at radius 3 is 2.64 bits per heavy atom. The van der Waals surface area contributed by atoms with Crippen molar-refractivity contribution < 1.29 is 19.0 Å². The van der Waals surface area contributed by atoms with Crippen LogP contribution in [0.1, 0.15) is 21.7 Å². The average molecular weight is 338 g/mol. The number of carbonyl (C=O) groups is 1. The first-order valence-corrected chi connectivity index (χ1v) is 7.63. The summed E-state index contributed by atoms with van der Waals surface area (Å²) in [7, 11) is 4.57. The van der Waals surface area contributed by atoms with Gasteiger partial charge in [-0.2, -0.15) is 0 Å². The molecule has 0 saturated heterocycles. The molecule has 0 saturated carbocycles. The quantitative estimate of drug-likeness (QED) is 0.720. The van der Waals surface area contributed by atoms with Crippen molar-refractivity contribution in [3.05, 3.63) is 53.3 Å². The van der Waals surface area contributed by atoms with Crippen LogP contribution in [0, 0.1) is 0 Å². The predicted octanol–water partition coefficient (Wildman–Crippen LogP) is 3.54. The molecule has 0 amide bonds. The highest BCUT2D eigenvalue weighted by atomic mass is 16.5. The molecular weight excluding hydrogens is 320 g/mol. The Labute approximate surface area is 145 Å². The van der Waals surface area contributed by atoms with Gasteiger partial charge in [0, 0.05) is 11.6 Å². The summed E-state index contributed by atoms with van der Waals surface area (Å²) in [6.07, 6.45) is 3.71. The molecule has 0 spiro atoms. The van der Waals surface area contributed by atoms with E-state index in [1.165, 1.54) is 7.11 Å². The number of hydrogen-bond donors (Lipinski definition) is 1. The molecule has 1 heterocycles. The standard InChI is InChI=1S/C19H18N2O4/c1-23-13-9-7-12(16(11-13)24-2)8-10-17-20-15-6-4-5-14(18(15)21-17)19(22)25-3/h4-11H,1-3H3,(H,20,21)/b10-8+. The maximum absolute atomic E-state index is 11.8. The fourth-order valence-corrected chi connectivity index (χ4v) is 2.53. The van der Waals surface area contributed by atoms with Gasteiger partial charge in [0.15, 0.2) is 0 Å². The number of methoxy groups -OCH3 is 3. The second-order valence-corrected chi connectivity index (χ2v) is 5.26. The third-order valence-corrected chi connectivity index (χ3v) is 3.80. The molecular formula is C19H18N2O4. The molecule has 0 radical (unpaired) electrons. The number of nitrogens with one attached hydrogen (secondary N) is 1. The summed E-state index contributed by atoms with van der Waals surface area (Å²) in [5.74, 6) is 1.64. The lowest BCUT2D eigenvalue weighted by Crippen LogP contribution is -2.01. The second kappa shape index (κ2) is 7.09. The van der Waals surface area contributed by atoms with Crippen LogP contribution in [0.5, 0.6) is 11.5 Å². The molecule has 0 fully saturated rings. The van der Waals surface area contributed by atoms with Crippen LogP contribution < -0.4 is 9.47 Å². The van der Waals surface area contributed by atoms with Crippen molar-refractivity contribution in [3.63, 3.8) is 0 Å². The first-order chi connectivity index (χ1) is 12.2. The third kappa shape index (κ3) is 3.33. The topological polar surface area (TPSA) is 73.4 Å². The van der Waals surface area contributed by atoms with Crippen molar-refractivity contribution in [2.45, 2.75) is 0 Å². The van der Waals surface area contributed by atoms with Gasteiger partial charge in [-0.25, -0.2) is 9.78 Å². The van der Waals surface area contributed by atoms with Crippen LogP contribution in [0.3, 0.4) is 0 Å². The fourth-order valence-electron chi connectivity index (χ4n) is 2.53. The summed E-state index contributed by atoms with van der Waals surface area (Å²) in [5, 5.41) is 0. The van der Waals surface area contributed by atoms with Gasteiger partial charge in [-0.3, -0.25) is 0 Å². The smallest absolute Gasteiger partial charge is 0.340 e. The summed E-state index contributed by atoms with van der Waals surface area (Å²) in [6, 6.07) is 10.9. The van der Waals surface area contributed by atoms with E-state index in [1.54, 1.807) is 26.4 Å². The number of fused-ring (bicyclic) bond motifs is 1. The highest BCUT2D eigenvalue weighted by Crippen LogP contribution is 2.26. The van der Waals surface area contributed by atoms with E-state index >= 15 is 0 Å². The Bertz CT molecular complexity index is 944. The minimum atomic E-state index is -0.413. The van der Waals surface area contributed by atoms with E-state index in [1.807, 2.05) is 36.4 Å². The van der Waals surface area contributed by atoms with Crippen LogP contribution in [0.25, 0.3) is 23.2 Å². The molecule has 1 aromatic heterocycles. The summed E-state index contributed by atoms with van der Waals surface area (Å²) >= 11 is 0. The van der Waals surface area contributed by atoms with Crippen LogP contribution in [-0.2, 0) is 4.74 Å². The Kier molecular flexibility index (Phi) is 4.70. The van der Waals surface area contributed by atoms with Gasteiger partial charge in [0.25, 0.3) is 0 Å². The molecule has 3 aromatic rings. The molecule has 1 N–H and O–H groups in total. The van der Waals surface area contributed by atoms with Crippen molar-refractivity contribution in [2.75, 3.05) is 21.3 Å². The number of esters is 1. The summed E-state index contributed by atoms with van der Waals surface area (Å²) in [4.78, 5) is 19.5. The normalized spacial score (nSPS) is 11.0. The number of H-pyrrole nitrogens is 1. The van der Waals surface area contributed by atoms with Gasteiger partial charge in [0.1, 0.15) is 22.8 Å². The van der Waals surface area contributed by atoms with Crippen molar-refractivity contribution >= 4 is 29.2 Å². The summed E-state index contributed by atoms with van der Waals surface area (Å²) in [6.45, 7) is 0. The first-order valence-electron chi connectivity index (χ1n) is 7.63. The molecule has 0 unspecified atom stereocenters. The number of nitrogens with zero attached hydrogens (tertiary/aromatic N) is 1. The number of carbonyl (C=O) groups excluding carboxylic acids is 1. The zero-order valence-electron chi connectivity index (χ0n) is 14.2. The number of aromatic amines is 1. The number of imidazole rings is 1. The molecule has 0 bridgehead atoms. The van der Waals surface area contributed by atoms with Gasteiger partial charge in [-0.15, -0.1) is 0 Å². The predicted molar refractivity (Wildman–Crippen MR) is 95.9 cm³/mol. The van der Waals surface area contributed by atoms with Crippen LogP contribution >= 0.6 is 0 Å². The monoisotopic (exact) mass is 338 g/mol. The third-order valence-electron chi connectivity index (χ3n) is 3.80. The molecule has 0 aliphatic carbocycles.